The van der Waals surface area contributed by atoms with Crippen molar-refractivity contribution in [3.63, 3.8) is 0 Å². The standard InChI is InChI=1S/C13H5ClF2N2O3.C7H4ClNO.C6H2F3NO2/c1-17-8-4-7(14)5-9(6-8)21-13-11(18(19)20)3-2-10(15)12(13)16;1-9-6-2-5(8)3-7(10)4-6;7-3-1-2-4(10(11)12)6(9)5(3)8/h2-6H;2-4,10H;1-2H. The molecule has 220 valence electrons. The summed E-state index contributed by atoms with van der Waals surface area (Å²) in [6.07, 6.45) is 0. The van der Waals surface area contributed by atoms with Crippen molar-refractivity contribution < 1.29 is 41.6 Å². The van der Waals surface area contributed by atoms with Crippen LogP contribution in [-0.2, 0) is 0 Å². The number of nitro benzene ring substituents is 2. The van der Waals surface area contributed by atoms with E-state index in [1.165, 1.54) is 36.4 Å². The van der Waals surface area contributed by atoms with Crippen LogP contribution in [0.3, 0.4) is 0 Å². The van der Waals surface area contributed by atoms with Crippen molar-refractivity contribution in [3.8, 4) is 17.2 Å². The van der Waals surface area contributed by atoms with Crippen molar-refractivity contribution in [3.05, 3.63) is 143 Å². The zero-order chi connectivity index (χ0) is 32.4. The molecule has 17 heteroatoms. The molecule has 0 aliphatic rings. The fraction of sp³-hybridized carbons (Fsp3) is 0. The molecule has 0 aliphatic heterocycles. The molecule has 10 nitrogen and oxygen atoms in total. The molecule has 4 rings (SSSR count). The Bertz CT molecular complexity index is 1780. The second-order valence-electron chi connectivity index (χ2n) is 7.56. The highest BCUT2D eigenvalue weighted by atomic mass is 35.5. The maximum absolute atomic E-state index is 13.7. The minimum Gasteiger partial charge on any atom is -0.509 e. The summed E-state index contributed by atoms with van der Waals surface area (Å²) in [5.41, 5.74) is -1.37. The zero-order valence-corrected chi connectivity index (χ0v) is 22.2. The SMILES string of the molecule is O=[N+]([O-])c1ccc(F)c(F)c1F.[C-]#[N+]c1cc(Cl)cc(Oc2c([N+](=O)[O-])ccc(F)c2F)c1.[C-]#[N+]c1cc(O)cc(Cl)c1. The Morgan fingerprint density at radius 1 is 0.698 bits per heavy atom. The van der Waals surface area contributed by atoms with Crippen LogP contribution in [-0.4, -0.2) is 15.0 Å². The van der Waals surface area contributed by atoms with E-state index in [0.29, 0.717) is 28.9 Å². The van der Waals surface area contributed by atoms with Gasteiger partial charge in [-0.05, 0) is 48.5 Å². The van der Waals surface area contributed by atoms with Crippen LogP contribution in [0.5, 0.6) is 17.2 Å². The minimum atomic E-state index is -1.83. The molecule has 0 radical (unpaired) electrons. The molecule has 0 unspecified atom stereocenters. The maximum atomic E-state index is 13.7. The fourth-order valence-electron chi connectivity index (χ4n) is 2.83. The largest absolute Gasteiger partial charge is 0.509 e. The Hall–Kier alpha value is -5.51. The minimum absolute atomic E-state index is 0.0264. The van der Waals surface area contributed by atoms with Crippen molar-refractivity contribution >= 4 is 46.0 Å². The highest BCUT2D eigenvalue weighted by molar-refractivity contribution is 6.31. The number of ether oxygens (including phenoxy) is 1. The van der Waals surface area contributed by atoms with Gasteiger partial charge in [-0.25, -0.2) is 22.9 Å². The molecular formula is C26H11Cl2F5N4O6. The lowest BCUT2D eigenvalue weighted by molar-refractivity contribution is -0.387. The van der Waals surface area contributed by atoms with E-state index in [-0.39, 0.29) is 22.2 Å². The van der Waals surface area contributed by atoms with Gasteiger partial charge in [-0.3, -0.25) is 20.2 Å². The number of halogens is 7. The van der Waals surface area contributed by atoms with E-state index in [4.69, 9.17) is 46.2 Å². The van der Waals surface area contributed by atoms with Gasteiger partial charge in [-0.2, -0.15) is 8.78 Å². The molecule has 0 spiro atoms. The smallest absolute Gasteiger partial charge is 0.314 e. The average molecular weight is 641 g/mol. The van der Waals surface area contributed by atoms with Crippen molar-refractivity contribution in [1.82, 2.24) is 0 Å². The number of aromatic hydroxyl groups is 1. The lowest BCUT2D eigenvalue weighted by Crippen LogP contribution is -1.98. The molecular weight excluding hydrogens is 630 g/mol. The molecule has 0 fully saturated rings. The summed E-state index contributed by atoms with van der Waals surface area (Å²) in [6.45, 7) is 13.5. The predicted octanol–water partition coefficient (Wildman–Crippen LogP) is 9.48. The monoisotopic (exact) mass is 640 g/mol. The van der Waals surface area contributed by atoms with Gasteiger partial charge < -0.3 is 9.84 Å². The maximum Gasteiger partial charge on any atom is 0.314 e. The van der Waals surface area contributed by atoms with E-state index >= 15 is 0 Å². The molecule has 43 heavy (non-hydrogen) atoms. The number of phenols is 1. The first kappa shape index (κ1) is 33.7. The van der Waals surface area contributed by atoms with Crippen LogP contribution < -0.4 is 4.74 Å². The number of hydrogen-bond acceptors (Lipinski definition) is 6. The first-order valence-corrected chi connectivity index (χ1v) is 11.6. The topological polar surface area (TPSA) is 124 Å². The number of benzene rings is 4. The van der Waals surface area contributed by atoms with Gasteiger partial charge >= 0.3 is 11.4 Å². The number of nitrogens with zero attached hydrogens (tertiary/aromatic N) is 4. The van der Waals surface area contributed by atoms with E-state index < -0.39 is 56.1 Å². The molecule has 0 aliphatic carbocycles. The Kier molecular flexibility index (Phi) is 11.7. The molecule has 0 bridgehead atoms. The van der Waals surface area contributed by atoms with Crippen LogP contribution in [0, 0.1) is 62.5 Å². The summed E-state index contributed by atoms with van der Waals surface area (Å²) in [4.78, 5) is 25.0. The van der Waals surface area contributed by atoms with Gasteiger partial charge in [-0.1, -0.05) is 23.2 Å². The van der Waals surface area contributed by atoms with Gasteiger partial charge in [0.05, 0.1) is 23.0 Å². The zero-order valence-electron chi connectivity index (χ0n) is 20.7. The molecule has 0 atom stereocenters. The number of rotatable bonds is 4. The quantitative estimate of drug-likeness (QED) is 0.0778. The van der Waals surface area contributed by atoms with Crippen molar-refractivity contribution in [2.75, 3.05) is 0 Å². The second-order valence-corrected chi connectivity index (χ2v) is 8.43. The van der Waals surface area contributed by atoms with Gasteiger partial charge in [0.25, 0.3) is 0 Å². The third kappa shape index (κ3) is 9.25. The summed E-state index contributed by atoms with van der Waals surface area (Å²) in [5.74, 6) is -8.79. The Morgan fingerprint density at radius 2 is 1.19 bits per heavy atom. The predicted molar refractivity (Wildman–Crippen MR) is 143 cm³/mol. The van der Waals surface area contributed by atoms with Crippen molar-refractivity contribution in [1.29, 1.82) is 0 Å². The molecule has 4 aromatic carbocycles. The Labute approximate surface area is 247 Å². The lowest BCUT2D eigenvalue weighted by Gasteiger charge is -2.08. The van der Waals surface area contributed by atoms with Crippen LogP contribution in [0.15, 0.2) is 60.7 Å². The highest BCUT2D eigenvalue weighted by Crippen LogP contribution is 2.37. The molecule has 4 aromatic rings. The van der Waals surface area contributed by atoms with E-state index in [2.05, 4.69) is 9.69 Å². The number of nitro groups is 2. The third-order valence-electron chi connectivity index (χ3n) is 4.64. The first-order chi connectivity index (χ1) is 20.2. The van der Waals surface area contributed by atoms with E-state index in [1.807, 2.05) is 0 Å². The van der Waals surface area contributed by atoms with Gasteiger partial charge in [0.1, 0.15) is 11.5 Å². The number of phenolic OH excluding ortho intramolecular Hbond substituents is 1. The van der Waals surface area contributed by atoms with E-state index in [1.54, 1.807) is 0 Å². The molecule has 0 saturated carbocycles. The summed E-state index contributed by atoms with van der Waals surface area (Å²) < 4.78 is 68.9. The Balaban J connectivity index is 0.000000248. The van der Waals surface area contributed by atoms with Gasteiger partial charge in [0, 0.05) is 22.2 Å². The van der Waals surface area contributed by atoms with Gasteiger partial charge in [-0.15, -0.1) is 0 Å². The molecule has 0 amide bonds. The van der Waals surface area contributed by atoms with E-state index in [9.17, 15) is 42.2 Å². The van der Waals surface area contributed by atoms with Crippen LogP contribution in [0.2, 0.25) is 10.0 Å². The molecule has 1 N–H and O–H groups in total. The van der Waals surface area contributed by atoms with Gasteiger partial charge in [0.2, 0.25) is 23.2 Å². The van der Waals surface area contributed by atoms with Crippen molar-refractivity contribution in [2.24, 2.45) is 0 Å². The lowest BCUT2D eigenvalue weighted by atomic mass is 10.2. The summed E-state index contributed by atoms with van der Waals surface area (Å²) in [6, 6.07) is 10.5. The fourth-order valence-corrected chi connectivity index (χ4v) is 3.28. The summed E-state index contributed by atoms with van der Waals surface area (Å²) in [7, 11) is 0. The summed E-state index contributed by atoms with van der Waals surface area (Å²) >= 11 is 11.3. The van der Waals surface area contributed by atoms with Gasteiger partial charge in [0.15, 0.2) is 23.0 Å². The molecule has 0 saturated heterocycles. The third-order valence-corrected chi connectivity index (χ3v) is 5.08. The van der Waals surface area contributed by atoms with Crippen LogP contribution in [0.4, 0.5) is 44.7 Å². The van der Waals surface area contributed by atoms with Crippen LogP contribution in [0.25, 0.3) is 9.69 Å². The van der Waals surface area contributed by atoms with Crippen LogP contribution in [0.1, 0.15) is 0 Å². The normalized spacial score (nSPS) is 9.70. The van der Waals surface area contributed by atoms with E-state index in [0.717, 1.165) is 6.07 Å². The second kappa shape index (κ2) is 14.9. The molecule has 0 aromatic heterocycles. The average Bonchev–Trinajstić information content (AvgIpc) is 2.93. The van der Waals surface area contributed by atoms with Crippen molar-refractivity contribution in [2.45, 2.75) is 0 Å². The first-order valence-electron chi connectivity index (χ1n) is 10.8. The molecule has 0 heterocycles. The Morgan fingerprint density at radius 3 is 1.70 bits per heavy atom. The highest BCUT2D eigenvalue weighted by Gasteiger charge is 2.24. The number of hydrogen-bond donors (Lipinski definition) is 1. The summed E-state index contributed by atoms with van der Waals surface area (Å²) in [5, 5.41) is 30.2. The van der Waals surface area contributed by atoms with Crippen LogP contribution >= 0.6 is 23.2 Å².